The van der Waals surface area contributed by atoms with Crippen LogP contribution < -0.4 is 0 Å². The fraction of sp³-hybridized carbons (Fsp3) is 0.852. The van der Waals surface area contributed by atoms with Crippen LogP contribution in [0.4, 0.5) is 4.39 Å². The SMILES string of the molecule is COCC[C@@]1(O)CC[C@@]2(C)[C@@H](CC[C@@H]3[C@@H]2CC[C@]2(C)[C@H](C(=O)Cn4cnc(F)c4)CC[C@@H]32)C1. The number of carbonyl (C=O) groups excluding carboxylic acids is 1. The molecule has 0 aliphatic heterocycles. The van der Waals surface area contributed by atoms with Crippen LogP contribution in [0.1, 0.15) is 78.1 Å². The van der Waals surface area contributed by atoms with Crippen LogP contribution in [0.15, 0.2) is 12.5 Å². The lowest BCUT2D eigenvalue weighted by atomic mass is 9.43. The van der Waals surface area contributed by atoms with E-state index in [1.165, 1.54) is 31.8 Å². The van der Waals surface area contributed by atoms with E-state index in [1.54, 1.807) is 11.7 Å². The third-order valence-electron chi connectivity index (χ3n) is 10.9. The highest BCUT2D eigenvalue weighted by Gasteiger charge is 2.62. The summed E-state index contributed by atoms with van der Waals surface area (Å²) in [6, 6.07) is 0. The highest BCUT2D eigenvalue weighted by Crippen LogP contribution is 2.68. The monoisotopic (exact) mass is 460 g/mol. The highest BCUT2D eigenvalue weighted by atomic mass is 19.1. The second kappa shape index (κ2) is 8.44. The van der Waals surface area contributed by atoms with Gasteiger partial charge in [-0.15, -0.1) is 0 Å². The molecule has 6 heteroatoms. The number of carbonyl (C=O) groups is 1. The van der Waals surface area contributed by atoms with Gasteiger partial charge in [-0.3, -0.25) is 4.79 Å². The largest absolute Gasteiger partial charge is 0.390 e. The standard InChI is InChI=1S/C27H41FN2O3/c1-25-10-11-27(32,12-13-33-3)14-18(25)4-5-19-20-6-7-22(26(20,2)9-8-21(19)25)23(31)15-30-16-24(28)29-17-30/h16-22,32H,4-15H2,1-3H3/t18-,19-,20-,21-,22-,25-,26-,27-/m0/s1. The van der Waals surface area contributed by atoms with Crippen molar-refractivity contribution in [3.8, 4) is 0 Å². The van der Waals surface area contributed by atoms with E-state index in [0.717, 1.165) is 44.9 Å². The van der Waals surface area contributed by atoms with Gasteiger partial charge in [0.1, 0.15) is 0 Å². The molecular weight excluding hydrogens is 419 g/mol. The number of nitrogens with zero attached hydrogens (tertiary/aromatic N) is 2. The first-order valence-corrected chi connectivity index (χ1v) is 13.1. The van der Waals surface area contributed by atoms with Crippen molar-refractivity contribution in [3.63, 3.8) is 0 Å². The number of ether oxygens (including phenoxy) is 1. The van der Waals surface area contributed by atoms with Crippen molar-refractivity contribution in [3.05, 3.63) is 18.5 Å². The van der Waals surface area contributed by atoms with E-state index in [0.29, 0.717) is 35.7 Å². The summed E-state index contributed by atoms with van der Waals surface area (Å²) in [5.41, 5.74) is -0.192. The van der Waals surface area contributed by atoms with Gasteiger partial charge in [-0.05, 0) is 98.7 Å². The fourth-order valence-electron chi connectivity index (χ4n) is 9.08. The number of Topliss-reactive ketones (excluding diaryl/α,β-unsaturated/α-hetero) is 1. The van der Waals surface area contributed by atoms with Crippen LogP contribution in [0.3, 0.4) is 0 Å². The topological polar surface area (TPSA) is 64.3 Å². The van der Waals surface area contributed by atoms with Crippen LogP contribution in [0.25, 0.3) is 0 Å². The molecule has 8 atom stereocenters. The maximum atomic E-state index is 13.3. The molecule has 0 spiro atoms. The summed E-state index contributed by atoms with van der Waals surface area (Å²) in [4.78, 5) is 16.9. The summed E-state index contributed by atoms with van der Waals surface area (Å²) in [6.45, 7) is 5.75. The van der Waals surface area contributed by atoms with Crippen LogP contribution >= 0.6 is 0 Å². The van der Waals surface area contributed by atoms with E-state index in [2.05, 4.69) is 18.8 Å². The summed E-state index contributed by atoms with van der Waals surface area (Å²) < 4.78 is 20.2. The van der Waals surface area contributed by atoms with Crippen LogP contribution in [0, 0.1) is 46.4 Å². The van der Waals surface area contributed by atoms with Gasteiger partial charge < -0.3 is 14.4 Å². The lowest BCUT2D eigenvalue weighted by Gasteiger charge is -2.62. The molecule has 0 aromatic carbocycles. The Morgan fingerprint density at radius 2 is 1.94 bits per heavy atom. The van der Waals surface area contributed by atoms with Crippen molar-refractivity contribution in [1.29, 1.82) is 0 Å². The first-order chi connectivity index (χ1) is 15.7. The lowest BCUT2D eigenvalue weighted by molar-refractivity contribution is -0.157. The second-order valence-electron chi connectivity index (χ2n) is 12.3. The van der Waals surface area contributed by atoms with Crippen molar-refractivity contribution in [2.75, 3.05) is 13.7 Å². The molecule has 1 aromatic rings. The van der Waals surface area contributed by atoms with Crippen LogP contribution in [-0.4, -0.2) is 39.8 Å². The van der Waals surface area contributed by atoms with Gasteiger partial charge in [-0.2, -0.15) is 4.39 Å². The molecule has 5 nitrogen and oxygen atoms in total. The molecule has 0 amide bonds. The van der Waals surface area contributed by atoms with Gasteiger partial charge >= 0.3 is 0 Å². The number of imidazole rings is 1. The minimum atomic E-state index is -0.562. The fourth-order valence-corrected chi connectivity index (χ4v) is 9.08. The summed E-state index contributed by atoms with van der Waals surface area (Å²) in [6.07, 6.45) is 13.3. The molecule has 5 rings (SSSR count). The molecule has 1 N–H and O–H groups in total. The summed E-state index contributed by atoms with van der Waals surface area (Å²) in [7, 11) is 1.72. The van der Waals surface area contributed by atoms with Gasteiger partial charge in [0.15, 0.2) is 5.78 Å². The quantitative estimate of drug-likeness (QED) is 0.648. The maximum absolute atomic E-state index is 13.3. The van der Waals surface area contributed by atoms with Gasteiger partial charge in [-0.25, -0.2) is 4.98 Å². The van der Waals surface area contributed by atoms with Crippen molar-refractivity contribution < 1.29 is 19.0 Å². The Labute approximate surface area is 197 Å². The maximum Gasteiger partial charge on any atom is 0.230 e. The molecule has 4 aliphatic rings. The lowest BCUT2D eigenvalue weighted by Crippen LogP contribution is -2.56. The number of fused-ring (bicyclic) bond motifs is 5. The van der Waals surface area contributed by atoms with Crippen LogP contribution in [0.5, 0.6) is 0 Å². The number of halogens is 1. The first-order valence-electron chi connectivity index (χ1n) is 13.1. The number of aliphatic hydroxyl groups is 1. The Balaban J connectivity index is 1.30. The Morgan fingerprint density at radius 1 is 1.15 bits per heavy atom. The van der Waals surface area contributed by atoms with Crippen LogP contribution in [0.2, 0.25) is 0 Å². The molecule has 4 fully saturated rings. The number of ketones is 1. The molecule has 4 saturated carbocycles. The van der Waals surface area contributed by atoms with Crippen LogP contribution in [-0.2, 0) is 16.1 Å². The Morgan fingerprint density at radius 3 is 2.67 bits per heavy atom. The zero-order valence-corrected chi connectivity index (χ0v) is 20.6. The van der Waals surface area contributed by atoms with Crippen molar-refractivity contribution in [2.45, 2.75) is 90.2 Å². The van der Waals surface area contributed by atoms with E-state index >= 15 is 0 Å². The third-order valence-corrected chi connectivity index (χ3v) is 10.9. The Kier molecular flexibility index (Phi) is 6.00. The molecule has 0 radical (unpaired) electrons. The highest BCUT2D eigenvalue weighted by molar-refractivity contribution is 5.82. The average molecular weight is 461 g/mol. The minimum Gasteiger partial charge on any atom is -0.390 e. The smallest absolute Gasteiger partial charge is 0.230 e. The van der Waals surface area contributed by atoms with Gasteiger partial charge in [-0.1, -0.05) is 13.8 Å². The Hall–Kier alpha value is -1.27. The number of methoxy groups -OCH3 is 1. The van der Waals surface area contributed by atoms with E-state index < -0.39 is 11.5 Å². The predicted octanol–water partition coefficient (Wildman–Crippen LogP) is 5.02. The molecule has 1 aromatic heterocycles. The van der Waals surface area contributed by atoms with Gasteiger partial charge in [0.25, 0.3) is 0 Å². The summed E-state index contributed by atoms with van der Waals surface area (Å²) >= 11 is 0. The molecule has 0 unspecified atom stereocenters. The van der Waals surface area contributed by atoms with Gasteiger partial charge in [0.2, 0.25) is 5.95 Å². The van der Waals surface area contributed by atoms with Crippen molar-refractivity contribution in [2.24, 2.45) is 40.4 Å². The number of hydrogen-bond acceptors (Lipinski definition) is 4. The summed E-state index contributed by atoms with van der Waals surface area (Å²) in [5.74, 6) is 2.40. The van der Waals surface area contributed by atoms with E-state index in [9.17, 15) is 14.3 Å². The van der Waals surface area contributed by atoms with Gasteiger partial charge in [0.05, 0.1) is 24.7 Å². The Bertz CT molecular complexity index is 888. The zero-order valence-electron chi connectivity index (χ0n) is 20.6. The molecular formula is C27H41FN2O3. The molecule has 4 aliphatic carbocycles. The minimum absolute atomic E-state index is 0.0639. The molecule has 1 heterocycles. The van der Waals surface area contributed by atoms with E-state index in [-0.39, 0.29) is 23.7 Å². The predicted molar refractivity (Wildman–Crippen MR) is 124 cm³/mol. The van der Waals surface area contributed by atoms with E-state index in [1.807, 2.05) is 0 Å². The summed E-state index contributed by atoms with van der Waals surface area (Å²) in [5, 5.41) is 11.2. The molecule has 0 bridgehead atoms. The number of aromatic nitrogens is 2. The van der Waals surface area contributed by atoms with E-state index in [4.69, 9.17) is 4.74 Å². The van der Waals surface area contributed by atoms with Crippen molar-refractivity contribution in [1.82, 2.24) is 9.55 Å². The second-order valence-corrected chi connectivity index (χ2v) is 12.3. The van der Waals surface area contributed by atoms with Gasteiger partial charge in [0, 0.05) is 19.6 Å². The number of hydrogen-bond donors (Lipinski definition) is 1. The first kappa shape index (κ1) is 23.5. The zero-order chi connectivity index (χ0) is 23.4. The number of rotatable bonds is 6. The van der Waals surface area contributed by atoms with Crippen molar-refractivity contribution >= 4 is 5.78 Å². The third kappa shape index (κ3) is 3.89. The molecule has 184 valence electrons. The average Bonchev–Trinajstić information content (AvgIpc) is 3.35. The normalized spacial score (nSPS) is 44.7. The molecule has 0 saturated heterocycles. The molecule has 33 heavy (non-hydrogen) atoms.